The lowest BCUT2D eigenvalue weighted by Gasteiger charge is -2.18. The summed E-state index contributed by atoms with van der Waals surface area (Å²) >= 11 is 0. The van der Waals surface area contributed by atoms with Crippen molar-refractivity contribution in [1.29, 1.82) is 0 Å². The summed E-state index contributed by atoms with van der Waals surface area (Å²) in [5.74, 6) is 0. The smallest absolute Gasteiger partial charge is 0.101 e. The van der Waals surface area contributed by atoms with Gasteiger partial charge in [0.1, 0.15) is 5.60 Å². The zero-order valence-electron chi connectivity index (χ0n) is 7.61. The molecule has 1 fully saturated rings. The highest BCUT2D eigenvalue weighted by Gasteiger charge is 2.62. The summed E-state index contributed by atoms with van der Waals surface area (Å²) in [5.41, 5.74) is 1.92. The topological polar surface area (TPSA) is 12.5 Å². The molecule has 2 aliphatic rings. The van der Waals surface area contributed by atoms with Gasteiger partial charge in [-0.2, -0.15) is 0 Å². The minimum Gasteiger partial charge on any atom is -0.363 e. The lowest BCUT2D eigenvalue weighted by molar-refractivity contribution is 0.261. The van der Waals surface area contributed by atoms with Gasteiger partial charge in [-0.25, -0.2) is 0 Å². The fraction of sp³-hybridized carbons (Fsp3) is 0.800. The van der Waals surface area contributed by atoms with Crippen LogP contribution in [-0.2, 0) is 4.74 Å². The number of ether oxygens (including phenoxy) is 1. The molecule has 1 spiro atoms. The molecule has 1 aliphatic heterocycles. The molecular weight excluding hydrogens is 136 g/mol. The van der Waals surface area contributed by atoms with Crippen LogP contribution in [0.25, 0.3) is 0 Å². The summed E-state index contributed by atoms with van der Waals surface area (Å²) in [5, 5.41) is 0. The van der Waals surface area contributed by atoms with Crippen molar-refractivity contribution in [2.24, 2.45) is 0 Å². The Morgan fingerprint density at radius 2 is 2.09 bits per heavy atom. The van der Waals surface area contributed by atoms with Gasteiger partial charge in [0.05, 0.1) is 5.60 Å². The lowest BCUT2D eigenvalue weighted by atomic mass is 9.83. The van der Waals surface area contributed by atoms with Crippen molar-refractivity contribution in [3.8, 4) is 0 Å². The van der Waals surface area contributed by atoms with Crippen molar-refractivity contribution >= 4 is 0 Å². The molecule has 1 aliphatic carbocycles. The van der Waals surface area contributed by atoms with E-state index < -0.39 is 0 Å². The second-order valence-electron chi connectivity index (χ2n) is 4.36. The third kappa shape index (κ3) is 0.943. The molecule has 2 rings (SSSR count). The van der Waals surface area contributed by atoms with Crippen molar-refractivity contribution in [3.63, 3.8) is 0 Å². The molecule has 0 aromatic heterocycles. The van der Waals surface area contributed by atoms with Crippen LogP contribution in [0.15, 0.2) is 11.6 Å². The highest BCUT2D eigenvalue weighted by atomic mass is 16.6. The van der Waals surface area contributed by atoms with E-state index >= 15 is 0 Å². The molecule has 1 atom stereocenters. The first-order chi connectivity index (χ1) is 5.06. The largest absolute Gasteiger partial charge is 0.363 e. The molecule has 1 heterocycles. The maximum atomic E-state index is 5.74. The maximum Gasteiger partial charge on any atom is 0.101 e. The Bertz CT molecular complexity index is 215. The van der Waals surface area contributed by atoms with Gasteiger partial charge in [-0.05, 0) is 40.0 Å². The van der Waals surface area contributed by atoms with Gasteiger partial charge in [0, 0.05) is 0 Å². The average Bonchev–Trinajstić information content (AvgIpc) is 2.44. The Hall–Kier alpha value is -0.300. The van der Waals surface area contributed by atoms with Crippen molar-refractivity contribution in [2.75, 3.05) is 0 Å². The molecule has 0 bridgehead atoms. The predicted molar refractivity (Wildman–Crippen MR) is 45.5 cm³/mol. The van der Waals surface area contributed by atoms with E-state index in [1.165, 1.54) is 18.4 Å². The Kier molecular flexibility index (Phi) is 1.26. The van der Waals surface area contributed by atoms with E-state index in [1.54, 1.807) is 0 Å². The first-order valence-corrected chi connectivity index (χ1v) is 4.42. The van der Waals surface area contributed by atoms with Gasteiger partial charge in [-0.1, -0.05) is 11.6 Å². The van der Waals surface area contributed by atoms with Crippen LogP contribution in [0.5, 0.6) is 0 Å². The summed E-state index contributed by atoms with van der Waals surface area (Å²) in [7, 11) is 0. The SMILES string of the molecule is CC1=CC[C@@]2(CC1)OC2(C)C. The molecular formula is C10H16O. The summed E-state index contributed by atoms with van der Waals surface area (Å²) in [6, 6.07) is 0. The first-order valence-electron chi connectivity index (χ1n) is 4.42. The summed E-state index contributed by atoms with van der Waals surface area (Å²) in [6.07, 6.45) is 5.91. The molecule has 0 unspecified atom stereocenters. The number of epoxide rings is 1. The minimum absolute atomic E-state index is 0.157. The van der Waals surface area contributed by atoms with E-state index in [-0.39, 0.29) is 11.2 Å². The Morgan fingerprint density at radius 1 is 1.45 bits per heavy atom. The summed E-state index contributed by atoms with van der Waals surface area (Å²) in [6.45, 7) is 6.60. The van der Waals surface area contributed by atoms with Gasteiger partial charge in [0.2, 0.25) is 0 Å². The second kappa shape index (κ2) is 1.89. The van der Waals surface area contributed by atoms with E-state index in [9.17, 15) is 0 Å². The fourth-order valence-corrected chi connectivity index (χ4v) is 2.04. The van der Waals surface area contributed by atoms with Gasteiger partial charge in [-0.15, -0.1) is 0 Å². The maximum absolute atomic E-state index is 5.74. The molecule has 0 aromatic rings. The molecule has 62 valence electrons. The van der Waals surface area contributed by atoms with E-state index in [2.05, 4.69) is 26.8 Å². The van der Waals surface area contributed by atoms with Gasteiger partial charge < -0.3 is 4.74 Å². The molecule has 0 amide bonds. The van der Waals surface area contributed by atoms with E-state index in [1.807, 2.05) is 0 Å². The fourth-order valence-electron chi connectivity index (χ4n) is 2.04. The monoisotopic (exact) mass is 152 g/mol. The van der Waals surface area contributed by atoms with Gasteiger partial charge in [0.25, 0.3) is 0 Å². The van der Waals surface area contributed by atoms with Crippen molar-refractivity contribution in [2.45, 2.75) is 51.2 Å². The highest BCUT2D eigenvalue weighted by Crippen LogP contribution is 2.55. The van der Waals surface area contributed by atoms with Crippen LogP contribution in [0.1, 0.15) is 40.0 Å². The predicted octanol–water partition coefficient (Wildman–Crippen LogP) is 2.66. The number of hydrogen-bond donors (Lipinski definition) is 0. The van der Waals surface area contributed by atoms with Gasteiger partial charge >= 0.3 is 0 Å². The lowest BCUT2D eigenvalue weighted by Crippen LogP contribution is -2.22. The van der Waals surface area contributed by atoms with Crippen molar-refractivity contribution in [3.05, 3.63) is 11.6 Å². The average molecular weight is 152 g/mol. The molecule has 1 nitrogen and oxygen atoms in total. The van der Waals surface area contributed by atoms with Gasteiger partial charge in [-0.3, -0.25) is 0 Å². The Labute approximate surface area is 68.4 Å². The standard InChI is InChI=1S/C10H16O/c1-8-4-6-10(7-5-8)9(2,3)11-10/h4H,5-7H2,1-3H3/t10-/m0/s1. The molecule has 1 saturated heterocycles. The zero-order valence-corrected chi connectivity index (χ0v) is 7.61. The van der Waals surface area contributed by atoms with E-state index in [0.717, 1.165) is 6.42 Å². The van der Waals surface area contributed by atoms with Crippen molar-refractivity contribution in [1.82, 2.24) is 0 Å². The summed E-state index contributed by atoms with van der Waals surface area (Å²) in [4.78, 5) is 0. The quantitative estimate of drug-likeness (QED) is 0.384. The Morgan fingerprint density at radius 3 is 2.45 bits per heavy atom. The zero-order chi connectivity index (χ0) is 8.11. The van der Waals surface area contributed by atoms with Crippen LogP contribution in [0, 0.1) is 0 Å². The molecule has 11 heavy (non-hydrogen) atoms. The highest BCUT2D eigenvalue weighted by molar-refractivity contribution is 5.20. The Balaban J connectivity index is 2.12. The third-order valence-electron chi connectivity index (χ3n) is 3.21. The van der Waals surface area contributed by atoms with E-state index in [4.69, 9.17) is 4.74 Å². The van der Waals surface area contributed by atoms with Crippen LogP contribution in [0.4, 0.5) is 0 Å². The van der Waals surface area contributed by atoms with Crippen molar-refractivity contribution < 1.29 is 4.74 Å². The molecule has 0 N–H and O–H groups in total. The number of allylic oxidation sites excluding steroid dienone is 1. The van der Waals surface area contributed by atoms with Crippen LogP contribution in [-0.4, -0.2) is 11.2 Å². The molecule has 0 aromatic carbocycles. The van der Waals surface area contributed by atoms with Crippen LogP contribution in [0.3, 0.4) is 0 Å². The summed E-state index contributed by atoms with van der Waals surface area (Å²) < 4.78 is 5.74. The molecule has 0 saturated carbocycles. The molecule has 1 heteroatoms. The van der Waals surface area contributed by atoms with E-state index in [0.29, 0.717) is 0 Å². The van der Waals surface area contributed by atoms with Gasteiger partial charge in [0.15, 0.2) is 0 Å². The number of hydrogen-bond acceptors (Lipinski definition) is 1. The van der Waals surface area contributed by atoms with Crippen LogP contribution >= 0.6 is 0 Å². The first kappa shape index (κ1) is 7.35. The van der Waals surface area contributed by atoms with Crippen LogP contribution in [0.2, 0.25) is 0 Å². The van der Waals surface area contributed by atoms with Crippen LogP contribution < -0.4 is 0 Å². The second-order valence-corrected chi connectivity index (χ2v) is 4.36. The number of rotatable bonds is 0. The minimum atomic E-state index is 0.157. The molecule has 0 radical (unpaired) electrons. The normalized spacial score (nSPS) is 40.5. The third-order valence-corrected chi connectivity index (χ3v) is 3.21.